The van der Waals surface area contributed by atoms with Crippen LogP contribution in [0.1, 0.15) is 5.69 Å². The highest BCUT2D eigenvalue weighted by molar-refractivity contribution is 7.13. The molecule has 0 amide bonds. The van der Waals surface area contributed by atoms with Crippen molar-refractivity contribution in [1.29, 1.82) is 0 Å². The monoisotopic (exact) mass is 259 g/mol. The van der Waals surface area contributed by atoms with Gasteiger partial charge >= 0.3 is 5.63 Å². The normalized spacial score (nSPS) is 10.9. The van der Waals surface area contributed by atoms with Gasteiger partial charge in [-0.2, -0.15) is 0 Å². The highest BCUT2D eigenvalue weighted by atomic mass is 32.1. The molecule has 0 spiro atoms. The summed E-state index contributed by atoms with van der Waals surface area (Å²) in [6.45, 7) is 1.88. The fourth-order valence-corrected chi connectivity index (χ4v) is 2.53. The van der Waals surface area contributed by atoms with Gasteiger partial charge in [0.05, 0.1) is 5.56 Å². The molecule has 2 aromatic heterocycles. The van der Waals surface area contributed by atoms with Crippen molar-refractivity contribution in [2.75, 3.05) is 0 Å². The van der Waals surface area contributed by atoms with Gasteiger partial charge in [0.1, 0.15) is 16.3 Å². The van der Waals surface area contributed by atoms with E-state index in [1.54, 1.807) is 18.2 Å². The van der Waals surface area contributed by atoms with Crippen LogP contribution in [-0.2, 0) is 0 Å². The molecule has 1 aromatic carbocycles. The number of thiazole rings is 1. The summed E-state index contributed by atoms with van der Waals surface area (Å²) in [4.78, 5) is 16.1. The van der Waals surface area contributed by atoms with Crippen molar-refractivity contribution in [2.45, 2.75) is 6.92 Å². The lowest BCUT2D eigenvalue weighted by Gasteiger charge is -2.00. The van der Waals surface area contributed by atoms with Crippen molar-refractivity contribution in [1.82, 2.24) is 4.98 Å². The van der Waals surface area contributed by atoms with E-state index in [1.165, 1.54) is 17.4 Å². The summed E-state index contributed by atoms with van der Waals surface area (Å²) in [7, 11) is 0. The predicted molar refractivity (Wildman–Crippen MR) is 70.0 cm³/mol. The van der Waals surface area contributed by atoms with E-state index in [0.29, 0.717) is 16.2 Å². The SMILES string of the molecule is Cc1csc(-c2cc3ccc(O)cc3oc2=O)n1. The van der Waals surface area contributed by atoms with E-state index >= 15 is 0 Å². The number of phenols is 1. The molecule has 4 nitrogen and oxygen atoms in total. The summed E-state index contributed by atoms with van der Waals surface area (Å²) in [5, 5.41) is 12.6. The van der Waals surface area contributed by atoms with Crippen molar-refractivity contribution in [3.63, 3.8) is 0 Å². The Bertz CT molecular complexity index is 788. The average molecular weight is 259 g/mol. The molecule has 3 rings (SSSR count). The average Bonchev–Trinajstić information content (AvgIpc) is 2.74. The zero-order valence-corrected chi connectivity index (χ0v) is 10.3. The maximum absolute atomic E-state index is 11.9. The van der Waals surface area contributed by atoms with Crippen molar-refractivity contribution in [2.24, 2.45) is 0 Å². The maximum Gasteiger partial charge on any atom is 0.346 e. The van der Waals surface area contributed by atoms with Gasteiger partial charge in [0.15, 0.2) is 0 Å². The van der Waals surface area contributed by atoms with Crippen LogP contribution in [0.5, 0.6) is 5.75 Å². The second kappa shape index (κ2) is 3.96. The van der Waals surface area contributed by atoms with Crippen LogP contribution >= 0.6 is 11.3 Å². The highest BCUT2D eigenvalue weighted by Gasteiger charge is 2.11. The second-order valence-corrected chi connectivity index (χ2v) is 4.82. The highest BCUT2D eigenvalue weighted by Crippen LogP contribution is 2.25. The summed E-state index contributed by atoms with van der Waals surface area (Å²) in [6.07, 6.45) is 0. The standard InChI is InChI=1S/C13H9NO3S/c1-7-6-18-12(14-7)10-4-8-2-3-9(15)5-11(8)17-13(10)16/h2-6,15H,1H3. The van der Waals surface area contributed by atoms with Crippen LogP contribution in [0.3, 0.4) is 0 Å². The number of benzene rings is 1. The molecule has 18 heavy (non-hydrogen) atoms. The summed E-state index contributed by atoms with van der Waals surface area (Å²) >= 11 is 1.41. The van der Waals surface area contributed by atoms with Gasteiger partial charge in [-0.05, 0) is 25.1 Å². The Labute approximate surface area is 106 Å². The zero-order valence-electron chi connectivity index (χ0n) is 9.51. The lowest BCUT2D eigenvalue weighted by molar-refractivity contribution is 0.473. The van der Waals surface area contributed by atoms with Crippen molar-refractivity contribution < 1.29 is 9.52 Å². The minimum absolute atomic E-state index is 0.0727. The lowest BCUT2D eigenvalue weighted by atomic mass is 10.2. The van der Waals surface area contributed by atoms with Crippen LogP contribution in [0.2, 0.25) is 0 Å². The minimum Gasteiger partial charge on any atom is -0.508 e. The number of fused-ring (bicyclic) bond motifs is 1. The summed E-state index contributed by atoms with van der Waals surface area (Å²) in [6, 6.07) is 6.42. The largest absolute Gasteiger partial charge is 0.508 e. The van der Waals surface area contributed by atoms with E-state index in [0.717, 1.165) is 11.1 Å². The fraction of sp³-hybridized carbons (Fsp3) is 0.0769. The summed E-state index contributed by atoms with van der Waals surface area (Å²) in [5.74, 6) is 0.0727. The van der Waals surface area contributed by atoms with E-state index in [1.807, 2.05) is 12.3 Å². The number of aromatic nitrogens is 1. The van der Waals surface area contributed by atoms with Gasteiger partial charge in [-0.1, -0.05) is 0 Å². The summed E-state index contributed by atoms with van der Waals surface area (Å²) in [5.41, 5.74) is 1.26. The smallest absolute Gasteiger partial charge is 0.346 e. The minimum atomic E-state index is -0.442. The number of aryl methyl sites for hydroxylation is 1. The van der Waals surface area contributed by atoms with Crippen molar-refractivity contribution in [3.05, 3.63) is 45.8 Å². The molecule has 0 radical (unpaired) electrons. The third-order valence-electron chi connectivity index (χ3n) is 2.57. The number of phenolic OH excluding ortho intramolecular Hbond substituents is 1. The van der Waals surface area contributed by atoms with E-state index in [4.69, 9.17) is 4.42 Å². The first-order chi connectivity index (χ1) is 8.63. The Morgan fingerprint density at radius 2 is 2.17 bits per heavy atom. The van der Waals surface area contributed by atoms with Crippen molar-refractivity contribution >= 4 is 22.3 Å². The Hall–Kier alpha value is -2.14. The van der Waals surface area contributed by atoms with Crippen LogP contribution in [0.4, 0.5) is 0 Å². The topological polar surface area (TPSA) is 63.3 Å². The van der Waals surface area contributed by atoms with Gasteiger partial charge in [0.25, 0.3) is 0 Å². The molecular weight excluding hydrogens is 250 g/mol. The molecular formula is C13H9NO3S. The Balaban J connectivity index is 2.28. The Morgan fingerprint density at radius 3 is 2.89 bits per heavy atom. The molecule has 2 heterocycles. The van der Waals surface area contributed by atoms with Crippen LogP contribution in [0, 0.1) is 6.92 Å². The van der Waals surface area contributed by atoms with Crippen molar-refractivity contribution in [3.8, 4) is 16.3 Å². The van der Waals surface area contributed by atoms with Crippen LogP contribution < -0.4 is 5.63 Å². The first-order valence-corrected chi connectivity index (χ1v) is 6.21. The third-order valence-corrected chi connectivity index (χ3v) is 3.56. The van der Waals surface area contributed by atoms with E-state index in [9.17, 15) is 9.90 Å². The molecule has 0 saturated heterocycles. The first kappa shape index (κ1) is 11.0. The molecule has 0 aliphatic heterocycles. The molecule has 0 aliphatic rings. The number of aromatic hydroxyl groups is 1. The molecule has 3 aromatic rings. The molecule has 1 N–H and O–H groups in total. The van der Waals surface area contributed by atoms with Gasteiger partial charge < -0.3 is 9.52 Å². The molecule has 90 valence electrons. The van der Waals surface area contributed by atoms with E-state index in [-0.39, 0.29) is 5.75 Å². The fourth-order valence-electron chi connectivity index (χ4n) is 1.73. The number of rotatable bonds is 1. The van der Waals surface area contributed by atoms with Crippen LogP contribution in [0.25, 0.3) is 21.5 Å². The number of hydrogen-bond acceptors (Lipinski definition) is 5. The zero-order chi connectivity index (χ0) is 12.7. The van der Waals surface area contributed by atoms with E-state index in [2.05, 4.69) is 4.98 Å². The van der Waals surface area contributed by atoms with Gasteiger partial charge in [-0.3, -0.25) is 0 Å². The molecule has 5 heteroatoms. The predicted octanol–water partition coefficient (Wildman–Crippen LogP) is 2.93. The molecule has 0 fully saturated rings. The third kappa shape index (κ3) is 1.78. The lowest BCUT2D eigenvalue weighted by Crippen LogP contribution is -2.02. The van der Waals surface area contributed by atoms with Gasteiger partial charge in [-0.15, -0.1) is 11.3 Å². The molecule has 0 saturated carbocycles. The van der Waals surface area contributed by atoms with Gasteiger partial charge in [0, 0.05) is 22.5 Å². The first-order valence-electron chi connectivity index (χ1n) is 5.33. The number of hydrogen-bond donors (Lipinski definition) is 1. The number of nitrogens with zero attached hydrogens (tertiary/aromatic N) is 1. The second-order valence-electron chi connectivity index (χ2n) is 3.96. The Kier molecular flexibility index (Phi) is 2.41. The quantitative estimate of drug-likeness (QED) is 0.682. The molecule has 0 atom stereocenters. The maximum atomic E-state index is 11.9. The van der Waals surface area contributed by atoms with Gasteiger partial charge in [0.2, 0.25) is 0 Å². The van der Waals surface area contributed by atoms with E-state index < -0.39 is 5.63 Å². The molecule has 0 unspecified atom stereocenters. The van der Waals surface area contributed by atoms with Crippen LogP contribution in [-0.4, -0.2) is 10.1 Å². The molecule has 0 bridgehead atoms. The van der Waals surface area contributed by atoms with Gasteiger partial charge in [-0.25, -0.2) is 9.78 Å². The van der Waals surface area contributed by atoms with Crippen LogP contribution in [0.15, 0.2) is 38.9 Å². The summed E-state index contributed by atoms with van der Waals surface area (Å²) < 4.78 is 5.19. The molecule has 0 aliphatic carbocycles. The Morgan fingerprint density at radius 1 is 1.33 bits per heavy atom.